The molecule has 0 spiro atoms. The van der Waals surface area contributed by atoms with Gasteiger partial charge in [-0.25, -0.2) is 0 Å². The van der Waals surface area contributed by atoms with E-state index in [1.54, 1.807) is 31.6 Å². The van der Waals surface area contributed by atoms with E-state index in [1.807, 2.05) is 11.4 Å². The molecule has 0 atom stereocenters. The van der Waals surface area contributed by atoms with Gasteiger partial charge in [0.2, 0.25) is 0 Å². The summed E-state index contributed by atoms with van der Waals surface area (Å²) in [6.45, 7) is 0. The van der Waals surface area contributed by atoms with E-state index >= 15 is 0 Å². The summed E-state index contributed by atoms with van der Waals surface area (Å²) in [7, 11) is 1.58. The molecule has 2 heterocycles. The number of rotatable bonds is 3. The molecule has 2 aromatic heterocycles. The maximum Gasteiger partial charge on any atom is 0.138 e. The van der Waals surface area contributed by atoms with Gasteiger partial charge in [-0.05, 0) is 29.1 Å². The van der Waals surface area contributed by atoms with Gasteiger partial charge in [0.05, 0.1) is 22.6 Å². The number of hydrogen-bond acceptors (Lipinski definition) is 4. The van der Waals surface area contributed by atoms with Gasteiger partial charge in [0.25, 0.3) is 0 Å². The van der Waals surface area contributed by atoms with Crippen molar-refractivity contribution >= 4 is 33.5 Å². The lowest BCUT2D eigenvalue weighted by Gasteiger charge is -2.04. The second-order valence-corrected chi connectivity index (χ2v) is 4.65. The molecule has 3 nitrogen and oxygen atoms in total. The molecule has 0 fully saturated rings. The molecule has 0 aromatic carbocycles. The first-order valence-electron chi connectivity index (χ1n) is 5.10. The fourth-order valence-corrected chi connectivity index (χ4v) is 2.67. The van der Waals surface area contributed by atoms with Crippen LogP contribution in [0, 0.1) is 11.3 Å². The lowest BCUT2D eigenvalue weighted by atomic mass is 10.1. The van der Waals surface area contributed by atoms with Crippen LogP contribution in [0.15, 0.2) is 36.0 Å². The van der Waals surface area contributed by atoms with E-state index in [2.05, 4.69) is 11.1 Å². The van der Waals surface area contributed by atoms with E-state index in [0.717, 1.165) is 10.4 Å². The minimum atomic E-state index is 0.399. The lowest BCUT2D eigenvalue weighted by molar-refractivity contribution is 0.416. The number of methoxy groups -OCH3 is 1. The van der Waals surface area contributed by atoms with Gasteiger partial charge in [-0.1, -0.05) is 11.6 Å². The molecular formula is C13H9ClN2OS. The molecule has 0 bridgehead atoms. The van der Waals surface area contributed by atoms with E-state index in [9.17, 15) is 5.26 Å². The monoisotopic (exact) mass is 276 g/mol. The minimum Gasteiger partial charge on any atom is -0.495 e. The highest BCUT2D eigenvalue weighted by atomic mass is 35.5. The summed E-state index contributed by atoms with van der Waals surface area (Å²) in [5, 5.41) is 11.5. The smallest absolute Gasteiger partial charge is 0.138 e. The Morgan fingerprint density at radius 3 is 2.72 bits per heavy atom. The maximum absolute atomic E-state index is 9.26. The summed E-state index contributed by atoms with van der Waals surface area (Å²) in [6.07, 6.45) is 3.25. The van der Waals surface area contributed by atoms with Crippen molar-refractivity contribution in [1.82, 2.24) is 4.98 Å². The van der Waals surface area contributed by atoms with Crippen LogP contribution in [0.1, 0.15) is 10.4 Å². The first-order chi connectivity index (χ1) is 8.77. The van der Waals surface area contributed by atoms with Gasteiger partial charge in [-0.3, -0.25) is 4.98 Å². The van der Waals surface area contributed by atoms with Gasteiger partial charge < -0.3 is 4.74 Å². The van der Waals surface area contributed by atoms with Crippen LogP contribution in [0.2, 0.25) is 0 Å². The first-order valence-corrected chi connectivity index (χ1v) is 6.35. The van der Waals surface area contributed by atoms with Gasteiger partial charge in [0, 0.05) is 12.4 Å². The standard InChI is InChI=1S/C13H9ClN2OS/c1-17-11-4-7-18-13(11)12(14)10(8-15)9-2-5-16-6-3-9/h2-7H,1H3/b12-10+. The van der Waals surface area contributed by atoms with Gasteiger partial charge >= 0.3 is 0 Å². The quantitative estimate of drug-likeness (QED) is 0.802. The molecule has 0 N–H and O–H groups in total. The molecule has 0 aliphatic rings. The molecule has 0 amide bonds. The van der Waals surface area contributed by atoms with Gasteiger partial charge in [-0.15, -0.1) is 11.3 Å². The molecule has 0 radical (unpaired) electrons. The van der Waals surface area contributed by atoms with Crippen LogP contribution < -0.4 is 4.74 Å². The number of ether oxygens (including phenoxy) is 1. The van der Waals surface area contributed by atoms with Crippen molar-refractivity contribution in [2.24, 2.45) is 0 Å². The number of nitriles is 1. The van der Waals surface area contributed by atoms with E-state index in [1.165, 1.54) is 11.3 Å². The highest BCUT2D eigenvalue weighted by Crippen LogP contribution is 2.38. The SMILES string of the molecule is COc1ccsc1/C(Cl)=C(/C#N)c1ccncc1. The zero-order chi connectivity index (χ0) is 13.0. The molecular weight excluding hydrogens is 268 g/mol. The topological polar surface area (TPSA) is 45.9 Å². The molecule has 0 aliphatic heterocycles. The summed E-state index contributed by atoms with van der Waals surface area (Å²) in [5.41, 5.74) is 1.16. The third-order valence-electron chi connectivity index (χ3n) is 2.35. The Kier molecular flexibility index (Phi) is 3.98. The number of thiophene rings is 1. The Labute approximate surface area is 114 Å². The zero-order valence-corrected chi connectivity index (χ0v) is 11.1. The Bertz CT molecular complexity index is 613. The molecule has 0 aliphatic carbocycles. The summed E-state index contributed by atoms with van der Waals surface area (Å²) >= 11 is 7.74. The average molecular weight is 277 g/mol. The van der Waals surface area contributed by atoms with Crippen LogP contribution in [0.3, 0.4) is 0 Å². The van der Waals surface area contributed by atoms with E-state index < -0.39 is 0 Å². The molecule has 0 unspecified atom stereocenters. The second-order valence-electron chi connectivity index (χ2n) is 3.35. The predicted molar refractivity (Wildman–Crippen MR) is 73.4 cm³/mol. The maximum atomic E-state index is 9.26. The number of allylic oxidation sites excluding steroid dienone is 1. The number of nitrogens with zero attached hydrogens (tertiary/aromatic N) is 2. The molecule has 90 valence electrons. The fraction of sp³-hybridized carbons (Fsp3) is 0.0769. The summed E-state index contributed by atoms with van der Waals surface area (Å²) in [4.78, 5) is 4.68. The fourth-order valence-electron chi connectivity index (χ4n) is 1.49. The Morgan fingerprint density at radius 2 is 2.11 bits per heavy atom. The average Bonchev–Trinajstić information content (AvgIpc) is 2.89. The predicted octanol–water partition coefficient (Wildman–Crippen LogP) is 3.78. The van der Waals surface area contributed by atoms with Crippen molar-refractivity contribution in [1.29, 1.82) is 5.26 Å². The third-order valence-corrected chi connectivity index (χ3v) is 3.75. The van der Waals surface area contributed by atoms with Crippen LogP contribution in [0.25, 0.3) is 10.6 Å². The van der Waals surface area contributed by atoms with Crippen molar-refractivity contribution in [3.05, 3.63) is 46.4 Å². The summed E-state index contributed by atoms with van der Waals surface area (Å²) < 4.78 is 5.21. The molecule has 0 saturated heterocycles. The largest absolute Gasteiger partial charge is 0.495 e. The van der Waals surface area contributed by atoms with Crippen LogP contribution in [0.5, 0.6) is 5.75 Å². The van der Waals surface area contributed by atoms with E-state index in [-0.39, 0.29) is 0 Å². The van der Waals surface area contributed by atoms with Crippen molar-refractivity contribution < 1.29 is 4.74 Å². The van der Waals surface area contributed by atoms with Gasteiger partial charge in [0.15, 0.2) is 0 Å². The molecule has 18 heavy (non-hydrogen) atoms. The Morgan fingerprint density at radius 1 is 1.39 bits per heavy atom. The van der Waals surface area contributed by atoms with Crippen molar-refractivity contribution in [3.8, 4) is 11.8 Å². The number of aromatic nitrogens is 1. The summed E-state index contributed by atoms with van der Waals surface area (Å²) in [6, 6.07) is 7.45. The first kappa shape index (κ1) is 12.6. The van der Waals surface area contributed by atoms with E-state index in [0.29, 0.717) is 16.4 Å². The highest BCUT2D eigenvalue weighted by Gasteiger charge is 2.14. The lowest BCUT2D eigenvalue weighted by Crippen LogP contribution is -1.87. The number of halogens is 1. The number of pyridine rings is 1. The van der Waals surface area contributed by atoms with Crippen LogP contribution in [-0.2, 0) is 0 Å². The van der Waals surface area contributed by atoms with E-state index in [4.69, 9.17) is 16.3 Å². The molecule has 2 rings (SSSR count). The van der Waals surface area contributed by atoms with Crippen molar-refractivity contribution in [2.75, 3.05) is 7.11 Å². The highest BCUT2D eigenvalue weighted by molar-refractivity contribution is 7.12. The molecule has 5 heteroatoms. The van der Waals surface area contributed by atoms with Gasteiger partial charge in [-0.2, -0.15) is 5.26 Å². The third kappa shape index (κ3) is 2.37. The minimum absolute atomic E-state index is 0.399. The molecule has 2 aromatic rings. The number of hydrogen-bond donors (Lipinski definition) is 0. The van der Waals surface area contributed by atoms with Crippen molar-refractivity contribution in [2.45, 2.75) is 0 Å². The van der Waals surface area contributed by atoms with Crippen LogP contribution >= 0.6 is 22.9 Å². The van der Waals surface area contributed by atoms with Crippen molar-refractivity contribution in [3.63, 3.8) is 0 Å². The van der Waals surface area contributed by atoms with Crippen LogP contribution in [-0.4, -0.2) is 12.1 Å². The molecule has 0 saturated carbocycles. The van der Waals surface area contributed by atoms with Crippen LogP contribution in [0.4, 0.5) is 0 Å². The Hall–Kier alpha value is -1.83. The normalized spacial score (nSPS) is 11.6. The Balaban J connectivity index is 2.55. The summed E-state index contributed by atoms with van der Waals surface area (Å²) in [5.74, 6) is 0.673. The second kappa shape index (κ2) is 5.67. The van der Waals surface area contributed by atoms with Gasteiger partial charge in [0.1, 0.15) is 11.8 Å². The zero-order valence-electron chi connectivity index (χ0n) is 9.55.